The van der Waals surface area contributed by atoms with E-state index in [9.17, 15) is 4.79 Å². The number of amides is 1. The van der Waals surface area contributed by atoms with Crippen LogP contribution in [0, 0.1) is 5.92 Å². The van der Waals surface area contributed by atoms with Gasteiger partial charge in [0, 0.05) is 18.6 Å². The molecule has 23 heavy (non-hydrogen) atoms. The van der Waals surface area contributed by atoms with Crippen molar-refractivity contribution in [2.24, 2.45) is 5.92 Å². The molecule has 2 atom stereocenters. The maximum atomic E-state index is 11.7. The summed E-state index contributed by atoms with van der Waals surface area (Å²) < 4.78 is 10.9. The van der Waals surface area contributed by atoms with Gasteiger partial charge in [0.2, 0.25) is 0 Å². The summed E-state index contributed by atoms with van der Waals surface area (Å²) in [6.07, 6.45) is 3.01. The van der Waals surface area contributed by atoms with Gasteiger partial charge in [0.1, 0.15) is 6.61 Å². The molecule has 5 nitrogen and oxygen atoms in total. The maximum absolute atomic E-state index is 11.7. The molecule has 0 aliphatic carbocycles. The number of likely N-dealkylation sites (N-methyl/N-ethyl adjacent to an activating group) is 1. The van der Waals surface area contributed by atoms with Crippen molar-refractivity contribution in [1.29, 1.82) is 0 Å². The molecule has 2 bridgehead atoms. The highest BCUT2D eigenvalue weighted by Crippen LogP contribution is 2.31. The monoisotopic (exact) mass is 318 g/mol. The van der Waals surface area contributed by atoms with Crippen molar-refractivity contribution in [2.45, 2.75) is 38.0 Å². The van der Waals surface area contributed by atoms with E-state index in [0.29, 0.717) is 31.2 Å². The number of morpholine rings is 1. The molecule has 2 aliphatic heterocycles. The highest BCUT2D eigenvalue weighted by atomic mass is 16.5. The first-order valence-electron chi connectivity index (χ1n) is 8.46. The van der Waals surface area contributed by atoms with Crippen LogP contribution in [0.25, 0.3) is 0 Å². The predicted octanol–water partition coefficient (Wildman–Crippen LogP) is 2.41. The number of hydrogen-bond donors (Lipinski definition) is 1. The molecular formula is C18H26N2O3. The summed E-state index contributed by atoms with van der Waals surface area (Å²) in [6, 6.07) is 10.8. The third kappa shape index (κ3) is 4.45. The molecule has 0 radical (unpaired) electrons. The van der Waals surface area contributed by atoms with Crippen LogP contribution in [0.3, 0.4) is 0 Å². The summed E-state index contributed by atoms with van der Waals surface area (Å²) in [4.78, 5) is 14.2. The molecular weight excluding hydrogens is 292 g/mol. The summed E-state index contributed by atoms with van der Waals surface area (Å²) >= 11 is 0. The van der Waals surface area contributed by atoms with Gasteiger partial charge in [-0.05, 0) is 37.8 Å². The Balaban J connectivity index is 1.34. The number of nitrogens with zero attached hydrogens (tertiary/aromatic N) is 1. The molecule has 2 unspecified atom stereocenters. The highest BCUT2D eigenvalue weighted by molar-refractivity contribution is 5.67. The van der Waals surface area contributed by atoms with Gasteiger partial charge in [-0.2, -0.15) is 0 Å². The normalized spacial score (nSPS) is 27.4. The van der Waals surface area contributed by atoms with Crippen LogP contribution >= 0.6 is 0 Å². The van der Waals surface area contributed by atoms with Crippen LogP contribution in [0.4, 0.5) is 4.79 Å². The molecule has 0 saturated carbocycles. The molecule has 1 aromatic carbocycles. The molecule has 1 aromatic rings. The van der Waals surface area contributed by atoms with E-state index in [0.717, 1.165) is 38.0 Å². The average molecular weight is 318 g/mol. The Labute approximate surface area is 137 Å². The lowest BCUT2D eigenvalue weighted by molar-refractivity contribution is -0.0754. The van der Waals surface area contributed by atoms with Crippen molar-refractivity contribution in [3.8, 4) is 0 Å². The molecule has 126 valence electrons. The van der Waals surface area contributed by atoms with Gasteiger partial charge < -0.3 is 14.8 Å². The zero-order chi connectivity index (χ0) is 16.1. The molecule has 2 saturated heterocycles. The van der Waals surface area contributed by atoms with Gasteiger partial charge in [-0.25, -0.2) is 4.79 Å². The lowest BCUT2D eigenvalue weighted by Gasteiger charge is -2.46. The van der Waals surface area contributed by atoms with Gasteiger partial charge >= 0.3 is 6.09 Å². The Morgan fingerprint density at radius 3 is 2.65 bits per heavy atom. The van der Waals surface area contributed by atoms with E-state index in [1.807, 2.05) is 30.3 Å². The first kappa shape index (κ1) is 16.3. The van der Waals surface area contributed by atoms with Crippen molar-refractivity contribution >= 4 is 6.09 Å². The lowest BCUT2D eigenvalue weighted by Crippen LogP contribution is -2.55. The number of carbonyl (C=O) groups excluding carboxylic acids is 1. The fourth-order valence-electron chi connectivity index (χ4n) is 3.60. The fourth-order valence-corrected chi connectivity index (χ4v) is 3.60. The summed E-state index contributed by atoms with van der Waals surface area (Å²) in [5, 5.41) is 2.87. The number of benzene rings is 1. The first-order valence-corrected chi connectivity index (χ1v) is 8.46. The molecule has 2 heterocycles. The van der Waals surface area contributed by atoms with Gasteiger partial charge in [-0.15, -0.1) is 0 Å². The number of hydrogen-bond acceptors (Lipinski definition) is 4. The van der Waals surface area contributed by atoms with Gasteiger partial charge in [-0.1, -0.05) is 30.3 Å². The van der Waals surface area contributed by atoms with Crippen molar-refractivity contribution in [3.63, 3.8) is 0 Å². The Hall–Kier alpha value is -1.59. The standard InChI is InChI=1S/C18H26N2O3/c1-20-16-9-15(10-17(20)13-22-12-16)7-8-19-18(21)23-11-14-5-3-2-4-6-14/h2-6,15-17H,7-13H2,1H3,(H,19,21). The minimum Gasteiger partial charge on any atom is -0.445 e. The van der Waals surface area contributed by atoms with E-state index in [4.69, 9.17) is 9.47 Å². The van der Waals surface area contributed by atoms with E-state index in [1.165, 1.54) is 0 Å². The summed E-state index contributed by atoms with van der Waals surface area (Å²) in [5.74, 6) is 0.666. The molecule has 1 N–H and O–H groups in total. The van der Waals surface area contributed by atoms with Crippen molar-refractivity contribution in [3.05, 3.63) is 35.9 Å². The van der Waals surface area contributed by atoms with E-state index >= 15 is 0 Å². The number of carbonyl (C=O) groups is 1. The highest BCUT2D eigenvalue weighted by Gasteiger charge is 2.36. The minimum absolute atomic E-state index is 0.322. The molecule has 1 amide bonds. The fraction of sp³-hybridized carbons (Fsp3) is 0.611. The Morgan fingerprint density at radius 1 is 1.26 bits per heavy atom. The number of rotatable bonds is 5. The quantitative estimate of drug-likeness (QED) is 0.906. The zero-order valence-electron chi connectivity index (χ0n) is 13.7. The smallest absolute Gasteiger partial charge is 0.407 e. The topological polar surface area (TPSA) is 50.8 Å². The summed E-state index contributed by atoms with van der Waals surface area (Å²) in [5.41, 5.74) is 1.01. The second-order valence-electron chi connectivity index (χ2n) is 6.63. The van der Waals surface area contributed by atoms with Gasteiger partial charge in [0.05, 0.1) is 13.2 Å². The van der Waals surface area contributed by atoms with Crippen LogP contribution < -0.4 is 5.32 Å². The van der Waals surface area contributed by atoms with Gasteiger partial charge in [0.25, 0.3) is 0 Å². The van der Waals surface area contributed by atoms with Crippen molar-refractivity contribution in [1.82, 2.24) is 10.2 Å². The lowest BCUT2D eigenvalue weighted by atomic mass is 9.83. The van der Waals surface area contributed by atoms with Crippen LogP contribution in [0.1, 0.15) is 24.8 Å². The third-order valence-electron chi connectivity index (χ3n) is 5.02. The van der Waals surface area contributed by atoms with E-state index in [1.54, 1.807) is 0 Å². The Kier molecular flexibility index (Phi) is 5.51. The molecule has 0 spiro atoms. The number of nitrogens with one attached hydrogen (secondary N) is 1. The average Bonchev–Trinajstić information content (AvgIpc) is 2.55. The van der Waals surface area contributed by atoms with Crippen LogP contribution in [-0.2, 0) is 16.1 Å². The van der Waals surface area contributed by atoms with Crippen molar-refractivity contribution in [2.75, 3.05) is 26.8 Å². The zero-order valence-corrected chi connectivity index (χ0v) is 13.7. The van der Waals surface area contributed by atoms with Crippen molar-refractivity contribution < 1.29 is 14.3 Å². The molecule has 3 rings (SSSR count). The number of ether oxygens (including phenoxy) is 2. The number of piperidine rings is 1. The van der Waals surface area contributed by atoms with E-state index < -0.39 is 0 Å². The molecule has 2 fully saturated rings. The number of fused-ring (bicyclic) bond motifs is 2. The van der Waals surface area contributed by atoms with Crippen LogP contribution in [0.15, 0.2) is 30.3 Å². The minimum atomic E-state index is -0.328. The van der Waals surface area contributed by atoms with E-state index in [2.05, 4.69) is 17.3 Å². The second-order valence-corrected chi connectivity index (χ2v) is 6.63. The SMILES string of the molecule is CN1C2COCC1CC(CCNC(=O)OCc1ccccc1)C2. The van der Waals surface area contributed by atoms with Crippen LogP contribution in [0.5, 0.6) is 0 Å². The number of alkyl carbamates (subject to hydrolysis) is 1. The first-order chi connectivity index (χ1) is 11.2. The third-order valence-corrected chi connectivity index (χ3v) is 5.02. The van der Waals surface area contributed by atoms with Crippen LogP contribution in [-0.4, -0.2) is 49.9 Å². The second kappa shape index (κ2) is 7.79. The molecule has 0 aromatic heterocycles. The molecule has 5 heteroatoms. The predicted molar refractivity (Wildman–Crippen MR) is 88.1 cm³/mol. The molecule has 2 aliphatic rings. The van der Waals surface area contributed by atoms with E-state index in [-0.39, 0.29) is 6.09 Å². The van der Waals surface area contributed by atoms with Gasteiger partial charge in [0.15, 0.2) is 0 Å². The Bertz CT molecular complexity index is 494. The van der Waals surface area contributed by atoms with Gasteiger partial charge in [-0.3, -0.25) is 4.90 Å². The summed E-state index contributed by atoms with van der Waals surface area (Å²) in [7, 11) is 2.20. The summed E-state index contributed by atoms with van der Waals surface area (Å²) in [6.45, 7) is 2.69. The maximum Gasteiger partial charge on any atom is 0.407 e. The largest absolute Gasteiger partial charge is 0.445 e. The Morgan fingerprint density at radius 2 is 1.96 bits per heavy atom. The van der Waals surface area contributed by atoms with Crippen LogP contribution in [0.2, 0.25) is 0 Å².